The Labute approximate surface area is 91.6 Å². The van der Waals surface area contributed by atoms with Crippen molar-refractivity contribution in [3.8, 4) is 0 Å². The molecule has 0 radical (unpaired) electrons. The Morgan fingerprint density at radius 2 is 2.07 bits per heavy atom. The van der Waals surface area contributed by atoms with Crippen molar-refractivity contribution in [3.05, 3.63) is 0 Å². The molecule has 1 N–H and O–H groups in total. The lowest BCUT2D eigenvalue weighted by Crippen LogP contribution is -2.52. The van der Waals surface area contributed by atoms with E-state index in [1.165, 1.54) is 6.42 Å². The molecule has 0 aromatic rings. The van der Waals surface area contributed by atoms with E-state index >= 15 is 0 Å². The molecule has 86 valence electrons. The Morgan fingerprint density at radius 3 is 2.60 bits per heavy atom. The first kappa shape index (κ1) is 10.9. The SMILES string of the molecule is CC(=O)N1CCC1CCN1CCNCC1. The number of nitrogens with one attached hydrogen (secondary N) is 1. The van der Waals surface area contributed by atoms with Crippen LogP contribution in [0.2, 0.25) is 0 Å². The van der Waals surface area contributed by atoms with Gasteiger partial charge in [0.05, 0.1) is 0 Å². The first-order chi connectivity index (χ1) is 7.27. The number of rotatable bonds is 3. The third-order valence-corrected chi connectivity index (χ3v) is 3.54. The van der Waals surface area contributed by atoms with Gasteiger partial charge >= 0.3 is 0 Å². The highest BCUT2D eigenvalue weighted by atomic mass is 16.2. The summed E-state index contributed by atoms with van der Waals surface area (Å²) in [7, 11) is 0. The Morgan fingerprint density at radius 1 is 1.33 bits per heavy atom. The number of nitrogens with zero attached hydrogens (tertiary/aromatic N) is 2. The zero-order valence-electron chi connectivity index (χ0n) is 9.54. The minimum absolute atomic E-state index is 0.242. The summed E-state index contributed by atoms with van der Waals surface area (Å²) in [4.78, 5) is 15.7. The molecule has 1 unspecified atom stereocenters. The second-order valence-corrected chi connectivity index (χ2v) is 4.54. The molecule has 15 heavy (non-hydrogen) atoms. The van der Waals surface area contributed by atoms with Crippen molar-refractivity contribution in [2.75, 3.05) is 39.3 Å². The average Bonchev–Trinajstić information content (AvgIpc) is 2.17. The van der Waals surface area contributed by atoms with Gasteiger partial charge in [-0.25, -0.2) is 0 Å². The van der Waals surface area contributed by atoms with E-state index in [4.69, 9.17) is 0 Å². The van der Waals surface area contributed by atoms with Crippen LogP contribution < -0.4 is 5.32 Å². The molecular formula is C11H21N3O. The van der Waals surface area contributed by atoms with Crippen LogP contribution >= 0.6 is 0 Å². The van der Waals surface area contributed by atoms with Gasteiger partial charge < -0.3 is 15.1 Å². The fraction of sp³-hybridized carbons (Fsp3) is 0.909. The zero-order valence-corrected chi connectivity index (χ0v) is 9.54. The molecule has 0 saturated carbocycles. The number of likely N-dealkylation sites (tertiary alicyclic amines) is 1. The summed E-state index contributed by atoms with van der Waals surface area (Å²) in [6.07, 6.45) is 2.35. The van der Waals surface area contributed by atoms with E-state index in [1.807, 2.05) is 4.90 Å². The first-order valence-corrected chi connectivity index (χ1v) is 5.97. The number of hydrogen-bond acceptors (Lipinski definition) is 3. The van der Waals surface area contributed by atoms with Crippen LogP contribution in [0.15, 0.2) is 0 Å². The third kappa shape index (κ3) is 2.69. The number of hydrogen-bond donors (Lipinski definition) is 1. The molecule has 2 fully saturated rings. The maximum absolute atomic E-state index is 11.2. The van der Waals surface area contributed by atoms with E-state index in [0.717, 1.165) is 45.7 Å². The summed E-state index contributed by atoms with van der Waals surface area (Å²) in [5.41, 5.74) is 0. The Kier molecular flexibility index (Phi) is 3.59. The maximum atomic E-state index is 11.2. The van der Waals surface area contributed by atoms with E-state index in [0.29, 0.717) is 6.04 Å². The summed E-state index contributed by atoms with van der Waals surface area (Å²) in [5, 5.41) is 3.35. The van der Waals surface area contributed by atoms with E-state index in [9.17, 15) is 4.79 Å². The van der Waals surface area contributed by atoms with Crippen LogP contribution in [0.25, 0.3) is 0 Å². The highest BCUT2D eigenvalue weighted by Crippen LogP contribution is 2.20. The molecule has 0 aliphatic carbocycles. The van der Waals surface area contributed by atoms with Crippen molar-refractivity contribution >= 4 is 5.91 Å². The molecule has 2 heterocycles. The monoisotopic (exact) mass is 211 g/mol. The van der Waals surface area contributed by atoms with Crippen LogP contribution in [-0.4, -0.2) is 61.0 Å². The molecule has 2 rings (SSSR count). The van der Waals surface area contributed by atoms with Crippen LogP contribution in [0.5, 0.6) is 0 Å². The molecule has 0 spiro atoms. The zero-order chi connectivity index (χ0) is 10.7. The molecule has 1 amide bonds. The molecule has 2 saturated heterocycles. The molecule has 4 heteroatoms. The minimum Gasteiger partial charge on any atom is -0.340 e. The largest absolute Gasteiger partial charge is 0.340 e. The van der Waals surface area contributed by atoms with Crippen LogP contribution in [-0.2, 0) is 4.79 Å². The fourth-order valence-electron chi connectivity index (χ4n) is 2.42. The Hall–Kier alpha value is -0.610. The van der Waals surface area contributed by atoms with E-state index in [1.54, 1.807) is 6.92 Å². The lowest BCUT2D eigenvalue weighted by atomic mass is 9.99. The van der Waals surface area contributed by atoms with Crippen molar-refractivity contribution in [2.24, 2.45) is 0 Å². The lowest BCUT2D eigenvalue weighted by molar-refractivity contribution is -0.136. The second kappa shape index (κ2) is 4.94. The smallest absolute Gasteiger partial charge is 0.219 e. The summed E-state index contributed by atoms with van der Waals surface area (Å²) in [6.45, 7) is 8.34. The Balaban J connectivity index is 1.67. The van der Waals surface area contributed by atoms with Gasteiger partial charge in [0.2, 0.25) is 5.91 Å². The van der Waals surface area contributed by atoms with E-state index in [2.05, 4.69) is 10.2 Å². The summed E-state index contributed by atoms with van der Waals surface area (Å²) in [5.74, 6) is 0.242. The van der Waals surface area contributed by atoms with Crippen LogP contribution in [0.3, 0.4) is 0 Å². The number of carbonyl (C=O) groups is 1. The highest BCUT2D eigenvalue weighted by Gasteiger charge is 2.29. The molecule has 1 atom stereocenters. The van der Waals surface area contributed by atoms with E-state index < -0.39 is 0 Å². The molecule has 4 nitrogen and oxygen atoms in total. The molecule has 0 aromatic heterocycles. The van der Waals surface area contributed by atoms with Crippen LogP contribution in [0.4, 0.5) is 0 Å². The standard InChI is InChI=1S/C11H21N3O/c1-10(15)14-7-3-11(14)2-6-13-8-4-12-5-9-13/h11-12H,2-9H2,1H3. The maximum Gasteiger partial charge on any atom is 0.219 e. The number of amides is 1. The van der Waals surface area contributed by atoms with E-state index in [-0.39, 0.29) is 5.91 Å². The predicted molar refractivity (Wildman–Crippen MR) is 59.7 cm³/mol. The summed E-state index contributed by atoms with van der Waals surface area (Å²) in [6, 6.07) is 0.525. The molecule has 0 aromatic carbocycles. The van der Waals surface area contributed by atoms with Gasteiger partial charge in [0.15, 0.2) is 0 Å². The van der Waals surface area contributed by atoms with Gasteiger partial charge in [0.25, 0.3) is 0 Å². The van der Waals surface area contributed by atoms with Crippen LogP contribution in [0, 0.1) is 0 Å². The van der Waals surface area contributed by atoms with Crippen molar-refractivity contribution in [1.29, 1.82) is 0 Å². The topological polar surface area (TPSA) is 35.6 Å². The quantitative estimate of drug-likeness (QED) is 0.708. The fourth-order valence-corrected chi connectivity index (χ4v) is 2.42. The van der Waals surface area contributed by atoms with Gasteiger partial charge in [0.1, 0.15) is 0 Å². The van der Waals surface area contributed by atoms with Crippen molar-refractivity contribution < 1.29 is 4.79 Å². The molecular weight excluding hydrogens is 190 g/mol. The number of carbonyl (C=O) groups excluding carboxylic acids is 1. The number of piperazine rings is 1. The summed E-state index contributed by atoms with van der Waals surface area (Å²) >= 11 is 0. The molecule has 2 aliphatic heterocycles. The van der Waals surface area contributed by atoms with Gasteiger partial charge in [-0.1, -0.05) is 0 Å². The normalized spacial score (nSPS) is 27.5. The van der Waals surface area contributed by atoms with Gasteiger partial charge in [-0.3, -0.25) is 4.79 Å². The van der Waals surface area contributed by atoms with Gasteiger partial charge in [0, 0.05) is 52.2 Å². The lowest BCUT2D eigenvalue weighted by Gasteiger charge is -2.41. The molecule has 0 bridgehead atoms. The average molecular weight is 211 g/mol. The van der Waals surface area contributed by atoms with Crippen molar-refractivity contribution in [3.63, 3.8) is 0 Å². The van der Waals surface area contributed by atoms with Crippen molar-refractivity contribution in [2.45, 2.75) is 25.8 Å². The van der Waals surface area contributed by atoms with Gasteiger partial charge in [-0.05, 0) is 12.8 Å². The Bertz CT molecular complexity index is 226. The first-order valence-electron chi connectivity index (χ1n) is 5.97. The van der Waals surface area contributed by atoms with Crippen LogP contribution in [0.1, 0.15) is 19.8 Å². The van der Waals surface area contributed by atoms with Gasteiger partial charge in [-0.2, -0.15) is 0 Å². The minimum atomic E-state index is 0.242. The molecule has 2 aliphatic rings. The highest BCUT2D eigenvalue weighted by molar-refractivity contribution is 5.74. The van der Waals surface area contributed by atoms with Crippen molar-refractivity contribution in [1.82, 2.24) is 15.1 Å². The third-order valence-electron chi connectivity index (χ3n) is 3.54. The summed E-state index contributed by atoms with van der Waals surface area (Å²) < 4.78 is 0. The van der Waals surface area contributed by atoms with Gasteiger partial charge in [-0.15, -0.1) is 0 Å². The second-order valence-electron chi connectivity index (χ2n) is 4.54. The predicted octanol–water partition coefficient (Wildman–Crippen LogP) is -0.0975.